The van der Waals surface area contributed by atoms with Gasteiger partial charge >= 0.3 is 6.18 Å². The molecule has 0 fully saturated rings. The number of nitro benzene ring substituents is 1. The molecule has 4 nitrogen and oxygen atoms in total. The van der Waals surface area contributed by atoms with Gasteiger partial charge < -0.3 is 5.73 Å². The first kappa shape index (κ1) is 17.9. The molecule has 0 unspecified atom stereocenters. The number of halogens is 5. The predicted molar refractivity (Wildman–Crippen MR) is 67.6 cm³/mol. The molecular formula is C10H11Cl2F3N2O2. The van der Waals surface area contributed by atoms with Gasteiger partial charge in [-0.1, -0.05) is 11.6 Å². The van der Waals surface area contributed by atoms with E-state index >= 15 is 0 Å². The van der Waals surface area contributed by atoms with Crippen LogP contribution in [0.5, 0.6) is 0 Å². The SMILES string of the molecule is Cl.N[C@@H](CCC(F)(F)F)c1cc([N+](=O)[O-])ccc1Cl. The van der Waals surface area contributed by atoms with Gasteiger partial charge in [0.2, 0.25) is 0 Å². The van der Waals surface area contributed by atoms with Gasteiger partial charge in [-0.3, -0.25) is 10.1 Å². The molecule has 0 radical (unpaired) electrons. The van der Waals surface area contributed by atoms with Gasteiger partial charge in [0.05, 0.1) is 4.92 Å². The fraction of sp³-hybridized carbons (Fsp3) is 0.400. The zero-order valence-electron chi connectivity index (χ0n) is 9.48. The lowest BCUT2D eigenvalue weighted by Crippen LogP contribution is -2.16. The van der Waals surface area contributed by atoms with Crippen molar-refractivity contribution in [1.82, 2.24) is 0 Å². The summed E-state index contributed by atoms with van der Waals surface area (Å²) in [6.45, 7) is 0. The van der Waals surface area contributed by atoms with Crippen LogP contribution in [0.1, 0.15) is 24.4 Å². The van der Waals surface area contributed by atoms with Gasteiger partial charge in [-0.05, 0) is 18.1 Å². The second-order valence-corrected chi connectivity index (χ2v) is 4.13. The van der Waals surface area contributed by atoms with Gasteiger partial charge in [0, 0.05) is 29.6 Å². The number of non-ortho nitro benzene ring substituents is 1. The molecule has 2 N–H and O–H groups in total. The Labute approximate surface area is 118 Å². The second-order valence-electron chi connectivity index (χ2n) is 3.72. The molecule has 0 aliphatic rings. The summed E-state index contributed by atoms with van der Waals surface area (Å²) >= 11 is 5.76. The van der Waals surface area contributed by atoms with Crippen LogP contribution < -0.4 is 5.73 Å². The van der Waals surface area contributed by atoms with Crippen LogP contribution in [0.2, 0.25) is 5.02 Å². The summed E-state index contributed by atoms with van der Waals surface area (Å²) in [6, 6.07) is 2.53. The lowest BCUT2D eigenvalue weighted by Gasteiger charge is -2.14. The molecule has 0 spiro atoms. The lowest BCUT2D eigenvalue weighted by atomic mass is 10.0. The normalized spacial score (nSPS) is 12.7. The molecule has 0 aromatic heterocycles. The minimum Gasteiger partial charge on any atom is -0.324 e. The van der Waals surface area contributed by atoms with Crippen LogP contribution in [0.15, 0.2) is 18.2 Å². The molecule has 0 amide bonds. The third kappa shape index (κ3) is 5.63. The monoisotopic (exact) mass is 318 g/mol. The fourth-order valence-electron chi connectivity index (χ4n) is 1.40. The third-order valence-electron chi connectivity index (χ3n) is 2.33. The molecule has 0 aliphatic carbocycles. The number of nitrogens with two attached hydrogens (primary N) is 1. The number of hydrogen-bond donors (Lipinski definition) is 1. The topological polar surface area (TPSA) is 69.2 Å². The maximum absolute atomic E-state index is 12.0. The van der Waals surface area contributed by atoms with E-state index < -0.39 is 23.6 Å². The maximum Gasteiger partial charge on any atom is 0.389 e. The number of benzene rings is 1. The Balaban J connectivity index is 0.00000324. The van der Waals surface area contributed by atoms with Crippen LogP contribution >= 0.6 is 24.0 Å². The Morgan fingerprint density at radius 3 is 2.47 bits per heavy atom. The molecule has 9 heteroatoms. The quantitative estimate of drug-likeness (QED) is 0.673. The van der Waals surface area contributed by atoms with Crippen molar-refractivity contribution in [3.63, 3.8) is 0 Å². The fourth-order valence-corrected chi connectivity index (χ4v) is 1.66. The van der Waals surface area contributed by atoms with Crippen molar-refractivity contribution in [1.29, 1.82) is 0 Å². The average molecular weight is 319 g/mol. The Hall–Kier alpha value is -1.05. The van der Waals surface area contributed by atoms with E-state index in [0.29, 0.717) is 0 Å². The van der Waals surface area contributed by atoms with E-state index in [9.17, 15) is 23.3 Å². The van der Waals surface area contributed by atoms with Crippen LogP contribution in [-0.4, -0.2) is 11.1 Å². The van der Waals surface area contributed by atoms with Crippen molar-refractivity contribution < 1.29 is 18.1 Å². The highest BCUT2D eigenvalue weighted by atomic mass is 35.5. The highest BCUT2D eigenvalue weighted by Gasteiger charge is 2.28. The number of rotatable bonds is 4. The smallest absolute Gasteiger partial charge is 0.324 e. The maximum atomic E-state index is 12.0. The van der Waals surface area contributed by atoms with Gasteiger partial charge in [0.25, 0.3) is 5.69 Å². The van der Waals surface area contributed by atoms with Crippen LogP contribution in [0.4, 0.5) is 18.9 Å². The Kier molecular flexibility index (Phi) is 6.54. The Morgan fingerprint density at radius 2 is 2.00 bits per heavy atom. The molecule has 0 saturated carbocycles. The first-order chi connectivity index (χ1) is 8.20. The minimum atomic E-state index is -4.31. The lowest BCUT2D eigenvalue weighted by molar-refractivity contribution is -0.384. The van der Waals surface area contributed by atoms with Gasteiger partial charge in [0.1, 0.15) is 0 Å². The molecule has 0 aliphatic heterocycles. The van der Waals surface area contributed by atoms with E-state index in [2.05, 4.69) is 0 Å². The highest BCUT2D eigenvalue weighted by molar-refractivity contribution is 6.31. The minimum absolute atomic E-state index is 0. The number of nitrogens with zero attached hydrogens (tertiary/aromatic N) is 1. The number of alkyl halides is 3. The number of nitro groups is 1. The molecule has 0 bridgehead atoms. The molecule has 0 heterocycles. The van der Waals surface area contributed by atoms with Crippen molar-refractivity contribution in [2.24, 2.45) is 5.73 Å². The summed E-state index contributed by atoms with van der Waals surface area (Å²) in [4.78, 5) is 9.89. The van der Waals surface area contributed by atoms with Gasteiger partial charge in [-0.2, -0.15) is 13.2 Å². The molecule has 1 aromatic carbocycles. The summed E-state index contributed by atoms with van der Waals surface area (Å²) < 4.78 is 36.1. The third-order valence-corrected chi connectivity index (χ3v) is 2.67. The molecular weight excluding hydrogens is 308 g/mol. The molecule has 1 atom stereocenters. The number of hydrogen-bond acceptors (Lipinski definition) is 3. The first-order valence-electron chi connectivity index (χ1n) is 4.97. The standard InChI is InChI=1S/C10H10ClF3N2O2.ClH/c11-8-2-1-6(16(17)18)5-7(8)9(15)3-4-10(12,13)14;/h1-2,5,9H,3-4,15H2;1H/t9-;/m0./s1. The van der Waals surface area contributed by atoms with E-state index in [1.165, 1.54) is 12.1 Å². The summed E-state index contributed by atoms with van der Waals surface area (Å²) in [5.74, 6) is 0. The molecule has 1 rings (SSSR count). The van der Waals surface area contributed by atoms with Crippen molar-refractivity contribution >= 4 is 29.7 Å². The average Bonchev–Trinajstić information content (AvgIpc) is 2.25. The van der Waals surface area contributed by atoms with Gasteiger partial charge in [0.15, 0.2) is 0 Å². The van der Waals surface area contributed by atoms with Crippen LogP contribution in [0, 0.1) is 10.1 Å². The highest BCUT2D eigenvalue weighted by Crippen LogP contribution is 2.31. The van der Waals surface area contributed by atoms with Crippen molar-refractivity contribution in [2.45, 2.75) is 25.1 Å². The molecule has 108 valence electrons. The predicted octanol–water partition coefficient (Wildman–Crippen LogP) is 4.01. The molecule has 1 aromatic rings. The molecule has 19 heavy (non-hydrogen) atoms. The largest absolute Gasteiger partial charge is 0.389 e. The Bertz CT molecular complexity index is 455. The van der Waals surface area contributed by atoms with Crippen molar-refractivity contribution in [3.05, 3.63) is 38.9 Å². The van der Waals surface area contributed by atoms with Gasteiger partial charge in [-0.15, -0.1) is 12.4 Å². The first-order valence-corrected chi connectivity index (χ1v) is 5.34. The van der Waals surface area contributed by atoms with Crippen LogP contribution in [-0.2, 0) is 0 Å². The van der Waals surface area contributed by atoms with E-state index in [1.807, 2.05) is 0 Å². The van der Waals surface area contributed by atoms with Crippen LogP contribution in [0.25, 0.3) is 0 Å². The molecule has 0 saturated heterocycles. The second kappa shape index (κ2) is 6.93. The van der Waals surface area contributed by atoms with E-state index in [1.54, 1.807) is 0 Å². The Morgan fingerprint density at radius 1 is 1.42 bits per heavy atom. The summed E-state index contributed by atoms with van der Waals surface area (Å²) in [6.07, 6.45) is -5.75. The van der Waals surface area contributed by atoms with Crippen molar-refractivity contribution in [3.8, 4) is 0 Å². The summed E-state index contributed by atoms with van der Waals surface area (Å²) in [5.41, 5.74) is 5.46. The van der Waals surface area contributed by atoms with Gasteiger partial charge in [-0.25, -0.2) is 0 Å². The van der Waals surface area contributed by atoms with E-state index in [4.69, 9.17) is 17.3 Å². The summed E-state index contributed by atoms with van der Waals surface area (Å²) in [7, 11) is 0. The zero-order chi connectivity index (χ0) is 13.9. The zero-order valence-corrected chi connectivity index (χ0v) is 11.1. The summed E-state index contributed by atoms with van der Waals surface area (Å²) in [5, 5.41) is 10.7. The van der Waals surface area contributed by atoms with E-state index in [0.717, 1.165) is 6.07 Å². The van der Waals surface area contributed by atoms with Crippen LogP contribution in [0.3, 0.4) is 0 Å². The van der Waals surface area contributed by atoms with Crippen molar-refractivity contribution in [2.75, 3.05) is 0 Å². The van der Waals surface area contributed by atoms with E-state index in [-0.39, 0.29) is 35.1 Å².